The summed E-state index contributed by atoms with van der Waals surface area (Å²) in [4.78, 5) is 34.7. The third-order valence-electron chi connectivity index (χ3n) is 2.67. The zero-order valence-corrected chi connectivity index (χ0v) is 12.4. The van der Waals surface area contributed by atoms with Gasteiger partial charge in [0.15, 0.2) is 0 Å². The predicted molar refractivity (Wildman–Crippen MR) is 74.8 cm³/mol. The van der Waals surface area contributed by atoms with Crippen molar-refractivity contribution in [1.29, 1.82) is 0 Å². The van der Waals surface area contributed by atoms with Crippen molar-refractivity contribution in [2.75, 3.05) is 19.7 Å². The Morgan fingerprint density at radius 3 is 2.25 bits per heavy atom. The molecule has 0 saturated carbocycles. The van der Waals surface area contributed by atoms with Gasteiger partial charge in [-0.3, -0.25) is 14.4 Å². The molecule has 3 amide bonds. The lowest BCUT2D eigenvalue weighted by Crippen LogP contribution is -2.51. The molecule has 0 aliphatic rings. The van der Waals surface area contributed by atoms with E-state index in [-0.39, 0.29) is 36.8 Å². The Hall–Kier alpha value is -1.63. The van der Waals surface area contributed by atoms with Crippen LogP contribution in [0.3, 0.4) is 0 Å². The highest BCUT2D eigenvalue weighted by molar-refractivity contribution is 5.90. The number of carbonyl (C=O) groups is 3. The fourth-order valence-electron chi connectivity index (χ4n) is 1.46. The maximum absolute atomic E-state index is 11.9. The molecule has 0 rings (SSSR count). The average molecular weight is 287 g/mol. The van der Waals surface area contributed by atoms with Gasteiger partial charge < -0.3 is 21.1 Å². The lowest BCUT2D eigenvalue weighted by Gasteiger charge is -2.21. The summed E-state index contributed by atoms with van der Waals surface area (Å²) in [5, 5.41) is 16.3. The van der Waals surface area contributed by atoms with Gasteiger partial charge >= 0.3 is 0 Å². The highest BCUT2D eigenvalue weighted by Crippen LogP contribution is 2.02. The Labute approximate surface area is 119 Å². The molecule has 116 valence electrons. The second-order valence-electron chi connectivity index (χ2n) is 4.79. The van der Waals surface area contributed by atoms with E-state index < -0.39 is 6.04 Å². The first-order chi connectivity index (χ1) is 9.42. The van der Waals surface area contributed by atoms with E-state index in [4.69, 9.17) is 5.11 Å². The van der Waals surface area contributed by atoms with Gasteiger partial charge in [-0.1, -0.05) is 20.8 Å². The quantitative estimate of drug-likeness (QED) is 0.414. The summed E-state index contributed by atoms with van der Waals surface area (Å²) in [6.07, 6.45) is 0.777. The normalized spacial score (nSPS) is 11.8. The third kappa shape index (κ3) is 7.73. The number of nitrogens with one attached hydrogen (secondary N) is 3. The molecule has 0 aromatic carbocycles. The van der Waals surface area contributed by atoms with E-state index in [9.17, 15) is 14.4 Å². The Morgan fingerprint density at radius 1 is 1.10 bits per heavy atom. The number of rotatable bonds is 9. The van der Waals surface area contributed by atoms with Crippen molar-refractivity contribution in [2.24, 2.45) is 5.92 Å². The first-order valence-corrected chi connectivity index (χ1v) is 6.87. The van der Waals surface area contributed by atoms with Crippen LogP contribution >= 0.6 is 0 Å². The lowest BCUT2D eigenvalue weighted by atomic mass is 10.0. The molecule has 0 aromatic heterocycles. The summed E-state index contributed by atoms with van der Waals surface area (Å²) in [6, 6.07) is -0.646. The smallest absolute Gasteiger partial charge is 0.243 e. The van der Waals surface area contributed by atoms with Crippen LogP contribution in [-0.2, 0) is 14.4 Å². The van der Waals surface area contributed by atoms with Crippen LogP contribution in [0.4, 0.5) is 0 Å². The van der Waals surface area contributed by atoms with Crippen molar-refractivity contribution in [3.63, 3.8) is 0 Å². The van der Waals surface area contributed by atoms with Gasteiger partial charge in [-0.2, -0.15) is 0 Å². The number of amides is 3. The molecule has 0 radical (unpaired) electrons. The van der Waals surface area contributed by atoms with Gasteiger partial charge in [0.2, 0.25) is 17.7 Å². The molecule has 0 saturated heterocycles. The maximum Gasteiger partial charge on any atom is 0.243 e. The van der Waals surface area contributed by atoms with Crippen LogP contribution in [0.2, 0.25) is 0 Å². The summed E-state index contributed by atoms with van der Waals surface area (Å²) in [5.41, 5.74) is 0. The van der Waals surface area contributed by atoms with Crippen LogP contribution in [0.1, 0.15) is 33.6 Å². The van der Waals surface area contributed by atoms with Gasteiger partial charge in [0, 0.05) is 19.6 Å². The van der Waals surface area contributed by atoms with E-state index in [1.54, 1.807) is 6.92 Å². The number of carbonyl (C=O) groups excluding carboxylic acids is 3. The molecule has 1 atom stereocenters. The first-order valence-electron chi connectivity index (χ1n) is 6.87. The average Bonchev–Trinajstić information content (AvgIpc) is 2.41. The molecular weight excluding hydrogens is 262 g/mol. The topological polar surface area (TPSA) is 108 Å². The van der Waals surface area contributed by atoms with E-state index >= 15 is 0 Å². The minimum absolute atomic E-state index is 0.00507. The molecule has 0 aromatic rings. The molecule has 0 fully saturated rings. The molecular formula is C13H25N3O4. The maximum atomic E-state index is 11.9. The fraction of sp³-hybridized carbons (Fsp3) is 0.769. The van der Waals surface area contributed by atoms with Crippen molar-refractivity contribution < 1.29 is 19.5 Å². The molecule has 0 spiro atoms. The second kappa shape index (κ2) is 10.2. The van der Waals surface area contributed by atoms with Gasteiger partial charge in [-0.15, -0.1) is 0 Å². The number of aliphatic hydroxyl groups excluding tert-OH is 1. The Kier molecular flexibility index (Phi) is 9.36. The molecule has 7 nitrogen and oxygen atoms in total. The first kappa shape index (κ1) is 18.4. The van der Waals surface area contributed by atoms with Crippen molar-refractivity contribution in [3.05, 3.63) is 0 Å². The predicted octanol–water partition coefficient (Wildman–Crippen LogP) is -0.848. The van der Waals surface area contributed by atoms with E-state index in [1.807, 2.05) is 13.8 Å². The van der Waals surface area contributed by atoms with Gasteiger partial charge in [-0.25, -0.2) is 0 Å². The van der Waals surface area contributed by atoms with E-state index in [0.717, 1.165) is 0 Å². The van der Waals surface area contributed by atoms with Crippen molar-refractivity contribution in [2.45, 2.75) is 39.7 Å². The van der Waals surface area contributed by atoms with Crippen LogP contribution in [0.5, 0.6) is 0 Å². The summed E-state index contributed by atoms with van der Waals surface area (Å²) >= 11 is 0. The van der Waals surface area contributed by atoms with Gasteiger partial charge in [0.05, 0.1) is 6.54 Å². The highest BCUT2D eigenvalue weighted by Gasteiger charge is 2.23. The SMILES string of the molecule is CCC(=O)N[C@H](C(=O)NCC(=O)NCCCO)C(C)C. The number of hydrogen-bond acceptors (Lipinski definition) is 4. The molecule has 0 bridgehead atoms. The monoisotopic (exact) mass is 287 g/mol. The number of aliphatic hydroxyl groups is 1. The van der Waals surface area contributed by atoms with Crippen molar-refractivity contribution >= 4 is 17.7 Å². The Morgan fingerprint density at radius 2 is 1.75 bits per heavy atom. The lowest BCUT2D eigenvalue weighted by molar-refractivity contribution is -0.131. The largest absolute Gasteiger partial charge is 0.396 e. The summed E-state index contributed by atoms with van der Waals surface area (Å²) in [5.74, 6) is -0.968. The zero-order valence-electron chi connectivity index (χ0n) is 12.4. The van der Waals surface area contributed by atoms with Crippen molar-refractivity contribution in [3.8, 4) is 0 Å². The van der Waals surface area contributed by atoms with E-state index in [1.165, 1.54) is 0 Å². The minimum Gasteiger partial charge on any atom is -0.396 e. The molecule has 0 aliphatic heterocycles. The van der Waals surface area contributed by atoms with E-state index in [2.05, 4.69) is 16.0 Å². The van der Waals surface area contributed by atoms with Gasteiger partial charge in [0.25, 0.3) is 0 Å². The molecule has 0 heterocycles. The number of hydrogen-bond donors (Lipinski definition) is 4. The summed E-state index contributed by atoms with van der Waals surface area (Å²) in [6.45, 7) is 5.58. The Bertz CT molecular complexity index is 332. The van der Waals surface area contributed by atoms with E-state index in [0.29, 0.717) is 19.4 Å². The fourth-order valence-corrected chi connectivity index (χ4v) is 1.46. The van der Waals surface area contributed by atoms with Crippen LogP contribution in [-0.4, -0.2) is 48.6 Å². The highest BCUT2D eigenvalue weighted by atomic mass is 16.3. The second-order valence-corrected chi connectivity index (χ2v) is 4.79. The molecule has 4 N–H and O–H groups in total. The van der Waals surface area contributed by atoms with Crippen LogP contribution in [0.25, 0.3) is 0 Å². The molecule has 0 aliphatic carbocycles. The van der Waals surface area contributed by atoms with Gasteiger partial charge in [-0.05, 0) is 12.3 Å². The molecule has 20 heavy (non-hydrogen) atoms. The van der Waals surface area contributed by atoms with Crippen LogP contribution < -0.4 is 16.0 Å². The van der Waals surface area contributed by atoms with Crippen LogP contribution in [0, 0.1) is 5.92 Å². The summed E-state index contributed by atoms with van der Waals surface area (Å²) < 4.78 is 0. The van der Waals surface area contributed by atoms with Crippen molar-refractivity contribution in [1.82, 2.24) is 16.0 Å². The van der Waals surface area contributed by atoms with Crippen LogP contribution in [0.15, 0.2) is 0 Å². The molecule has 0 unspecified atom stereocenters. The van der Waals surface area contributed by atoms with Gasteiger partial charge in [0.1, 0.15) is 6.04 Å². The molecule has 7 heteroatoms. The zero-order chi connectivity index (χ0) is 15.5. The summed E-state index contributed by atoms with van der Waals surface area (Å²) in [7, 11) is 0. The Balaban J connectivity index is 4.19. The minimum atomic E-state index is -0.646. The standard InChI is InChI=1S/C13H25N3O4/c1-4-10(18)16-12(9(2)3)13(20)15-8-11(19)14-6-5-7-17/h9,12,17H,4-8H2,1-3H3,(H,14,19)(H,15,20)(H,16,18)/t12-/m0/s1. The third-order valence-corrected chi connectivity index (χ3v) is 2.67.